The van der Waals surface area contributed by atoms with Gasteiger partial charge >= 0.3 is 17.8 Å². The highest BCUT2D eigenvalue weighted by molar-refractivity contribution is 6.39. The first-order valence-corrected chi connectivity index (χ1v) is 7.63. The Morgan fingerprint density at radius 3 is 2.07 bits per heavy atom. The number of anilines is 1. The summed E-state index contributed by atoms with van der Waals surface area (Å²) in [4.78, 5) is 45.8. The van der Waals surface area contributed by atoms with Crippen LogP contribution >= 0.6 is 0 Å². The molecule has 0 saturated carbocycles. The van der Waals surface area contributed by atoms with Crippen molar-refractivity contribution in [3.05, 3.63) is 65.2 Å². The summed E-state index contributed by atoms with van der Waals surface area (Å²) in [7, 11) is 1.28. The maximum atomic E-state index is 11.8. The largest absolute Gasteiger partial charge is 0.465 e. The fourth-order valence-electron chi connectivity index (χ4n) is 1.95. The van der Waals surface area contributed by atoms with Gasteiger partial charge in [0.05, 0.1) is 18.9 Å². The minimum absolute atomic E-state index is 0.278. The molecular formula is C18H16N4O5. The van der Waals surface area contributed by atoms with Crippen LogP contribution in [0.2, 0.25) is 0 Å². The highest BCUT2D eigenvalue weighted by Crippen LogP contribution is 2.09. The van der Waals surface area contributed by atoms with Gasteiger partial charge in [0.2, 0.25) is 5.91 Å². The Morgan fingerprint density at radius 2 is 1.52 bits per heavy atom. The lowest BCUT2D eigenvalue weighted by Crippen LogP contribution is -2.32. The molecule has 2 aromatic rings. The van der Waals surface area contributed by atoms with Crippen molar-refractivity contribution >= 4 is 35.6 Å². The molecule has 0 spiro atoms. The van der Waals surface area contributed by atoms with Gasteiger partial charge in [0, 0.05) is 11.3 Å². The van der Waals surface area contributed by atoms with Crippen LogP contribution in [0.15, 0.2) is 53.6 Å². The summed E-state index contributed by atoms with van der Waals surface area (Å²) >= 11 is 0. The Kier molecular flexibility index (Phi) is 6.37. The Labute approximate surface area is 154 Å². The van der Waals surface area contributed by atoms with Crippen LogP contribution in [0.25, 0.3) is 0 Å². The number of ether oxygens (including phenoxy) is 1. The zero-order chi connectivity index (χ0) is 19.8. The van der Waals surface area contributed by atoms with Crippen LogP contribution in [-0.2, 0) is 14.3 Å². The maximum Gasteiger partial charge on any atom is 0.337 e. The molecular weight excluding hydrogens is 352 g/mol. The average molecular weight is 368 g/mol. The van der Waals surface area contributed by atoms with Gasteiger partial charge in [-0.05, 0) is 42.0 Å². The fraction of sp³-hybridized carbons (Fsp3) is 0.0556. The molecule has 9 heteroatoms. The highest BCUT2D eigenvalue weighted by atomic mass is 16.5. The summed E-state index contributed by atoms with van der Waals surface area (Å²) in [5.41, 5.74) is 8.78. The first kappa shape index (κ1) is 19.3. The number of nitrogens with zero attached hydrogens (tertiary/aromatic N) is 1. The maximum absolute atomic E-state index is 11.8. The van der Waals surface area contributed by atoms with Crippen LogP contribution in [0.5, 0.6) is 0 Å². The molecule has 0 aromatic heterocycles. The van der Waals surface area contributed by atoms with Gasteiger partial charge in [-0.2, -0.15) is 5.10 Å². The molecule has 0 aliphatic heterocycles. The van der Waals surface area contributed by atoms with Crippen LogP contribution in [0.1, 0.15) is 26.3 Å². The molecule has 0 fully saturated rings. The normalized spacial score (nSPS) is 10.3. The molecule has 4 N–H and O–H groups in total. The number of hydrogen-bond donors (Lipinski definition) is 3. The van der Waals surface area contributed by atoms with Gasteiger partial charge in [0.1, 0.15) is 0 Å². The van der Waals surface area contributed by atoms with Crippen molar-refractivity contribution in [2.45, 2.75) is 0 Å². The topological polar surface area (TPSA) is 140 Å². The number of hydrogen-bond acceptors (Lipinski definition) is 6. The van der Waals surface area contributed by atoms with E-state index in [1.54, 1.807) is 12.1 Å². The second-order valence-electron chi connectivity index (χ2n) is 5.21. The predicted octanol–water partition coefficient (Wildman–Crippen LogP) is 0.661. The second kappa shape index (κ2) is 8.90. The van der Waals surface area contributed by atoms with Gasteiger partial charge in [-0.3, -0.25) is 14.4 Å². The number of esters is 1. The van der Waals surface area contributed by atoms with E-state index >= 15 is 0 Å². The number of nitrogens with two attached hydrogens (primary N) is 1. The third kappa shape index (κ3) is 5.49. The van der Waals surface area contributed by atoms with Gasteiger partial charge in [0.15, 0.2) is 0 Å². The molecule has 0 atom stereocenters. The first-order chi connectivity index (χ1) is 12.9. The number of carbonyl (C=O) groups is 4. The van der Waals surface area contributed by atoms with Crippen LogP contribution in [0.3, 0.4) is 0 Å². The van der Waals surface area contributed by atoms with Crippen molar-refractivity contribution in [1.29, 1.82) is 0 Å². The molecule has 0 bridgehead atoms. The number of primary amides is 1. The molecule has 2 aromatic carbocycles. The summed E-state index contributed by atoms with van der Waals surface area (Å²) in [6, 6.07) is 12.0. The number of hydrazone groups is 1. The molecule has 0 saturated heterocycles. The lowest BCUT2D eigenvalue weighted by atomic mass is 10.1. The zero-order valence-electron chi connectivity index (χ0n) is 14.3. The molecule has 0 radical (unpaired) electrons. The summed E-state index contributed by atoms with van der Waals surface area (Å²) < 4.78 is 4.59. The van der Waals surface area contributed by atoms with Crippen molar-refractivity contribution in [3.8, 4) is 0 Å². The van der Waals surface area contributed by atoms with Crippen molar-refractivity contribution in [2.75, 3.05) is 12.4 Å². The zero-order valence-corrected chi connectivity index (χ0v) is 14.3. The van der Waals surface area contributed by atoms with E-state index in [0.717, 1.165) is 0 Å². The Balaban J connectivity index is 1.88. The number of amides is 3. The summed E-state index contributed by atoms with van der Waals surface area (Å²) in [5, 5.41) is 6.03. The quantitative estimate of drug-likeness (QED) is 0.308. The highest BCUT2D eigenvalue weighted by Gasteiger charge is 2.13. The lowest BCUT2D eigenvalue weighted by Gasteiger charge is -2.04. The van der Waals surface area contributed by atoms with Crippen LogP contribution < -0.4 is 16.5 Å². The van der Waals surface area contributed by atoms with E-state index in [2.05, 4.69) is 20.6 Å². The Bertz CT molecular complexity index is 889. The van der Waals surface area contributed by atoms with Crippen molar-refractivity contribution in [1.82, 2.24) is 5.43 Å². The molecule has 27 heavy (non-hydrogen) atoms. The second-order valence-corrected chi connectivity index (χ2v) is 5.21. The predicted molar refractivity (Wildman–Crippen MR) is 97.1 cm³/mol. The van der Waals surface area contributed by atoms with Gasteiger partial charge in [-0.1, -0.05) is 12.1 Å². The third-order valence-electron chi connectivity index (χ3n) is 3.35. The van der Waals surface area contributed by atoms with Crippen molar-refractivity contribution < 1.29 is 23.9 Å². The number of benzene rings is 2. The standard InChI is InChI=1S/C18H16N4O5/c1-27-18(26)13-4-2-11(3-5-13)10-20-22-17(25)16(24)21-14-8-6-12(7-9-14)15(19)23/h2-10H,1H3,(H2,19,23)(H,21,24)(H,22,25)/b20-10+. The first-order valence-electron chi connectivity index (χ1n) is 7.63. The molecule has 0 aliphatic rings. The number of nitrogens with one attached hydrogen (secondary N) is 2. The third-order valence-corrected chi connectivity index (χ3v) is 3.35. The van der Waals surface area contributed by atoms with Gasteiger partial charge in [-0.25, -0.2) is 10.2 Å². The molecule has 9 nitrogen and oxygen atoms in total. The molecule has 138 valence electrons. The number of rotatable bonds is 5. The molecule has 3 amide bonds. The number of methoxy groups -OCH3 is 1. The van der Waals surface area contributed by atoms with Crippen molar-refractivity contribution in [2.24, 2.45) is 10.8 Å². The van der Waals surface area contributed by atoms with Crippen molar-refractivity contribution in [3.63, 3.8) is 0 Å². The van der Waals surface area contributed by atoms with Gasteiger partial charge in [0.25, 0.3) is 0 Å². The molecule has 2 rings (SSSR count). The van der Waals surface area contributed by atoms with E-state index in [0.29, 0.717) is 16.8 Å². The van der Waals surface area contributed by atoms with Crippen LogP contribution in [-0.4, -0.2) is 37.0 Å². The van der Waals surface area contributed by atoms with E-state index in [1.807, 2.05) is 0 Å². The van der Waals surface area contributed by atoms with E-state index in [-0.39, 0.29) is 5.56 Å². The Hall–Kier alpha value is -4.01. The Morgan fingerprint density at radius 1 is 0.926 bits per heavy atom. The monoisotopic (exact) mass is 368 g/mol. The smallest absolute Gasteiger partial charge is 0.337 e. The molecule has 0 aliphatic carbocycles. The van der Waals surface area contributed by atoms with Crippen LogP contribution in [0.4, 0.5) is 5.69 Å². The summed E-state index contributed by atoms with van der Waals surface area (Å²) in [6.45, 7) is 0. The van der Waals surface area contributed by atoms with Gasteiger partial charge in [-0.15, -0.1) is 0 Å². The summed E-state index contributed by atoms with van der Waals surface area (Å²) in [5.74, 6) is -2.97. The minimum Gasteiger partial charge on any atom is -0.465 e. The lowest BCUT2D eigenvalue weighted by molar-refractivity contribution is -0.136. The van der Waals surface area contributed by atoms with E-state index < -0.39 is 23.7 Å². The van der Waals surface area contributed by atoms with E-state index in [4.69, 9.17) is 5.73 Å². The van der Waals surface area contributed by atoms with Crippen LogP contribution in [0, 0.1) is 0 Å². The average Bonchev–Trinajstić information content (AvgIpc) is 2.68. The van der Waals surface area contributed by atoms with E-state index in [9.17, 15) is 19.2 Å². The number of carbonyl (C=O) groups excluding carboxylic acids is 4. The molecule has 0 heterocycles. The fourth-order valence-corrected chi connectivity index (χ4v) is 1.95. The van der Waals surface area contributed by atoms with E-state index in [1.165, 1.54) is 49.7 Å². The molecule has 0 unspecified atom stereocenters. The van der Waals surface area contributed by atoms with Gasteiger partial charge < -0.3 is 15.8 Å². The minimum atomic E-state index is -0.976. The summed E-state index contributed by atoms with van der Waals surface area (Å²) in [6.07, 6.45) is 1.31. The SMILES string of the molecule is COC(=O)c1ccc(/C=N/NC(=O)C(=O)Nc2ccc(C(N)=O)cc2)cc1.